The Morgan fingerprint density at radius 2 is 1.81 bits per heavy atom. The lowest BCUT2D eigenvalue weighted by Gasteiger charge is -2.18. The van der Waals surface area contributed by atoms with E-state index < -0.39 is 5.92 Å². The van der Waals surface area contributed by atoms with E-state index in [-0.39, 0.29) is 12.5 Å². The molecule has 5 heteroatoms. The summed E-state index contributed by atoms with van der Waals surface area (Å²) in [6.07, 6.45) is 3.74. The average Bonchev–Trinajstić information content (AvgIpc) is 2.77. The second kappa shape index (κ2) is 10.5. The molecule has 0 aliphatic rings. The molecule has 3 N–H and O–H groups in total. The molecular formula is C26H24Cl2N2O. The maximum absolute atomic E-state index is 13.0. The maximum atomic E-state index is 13.0. The van der Waals surface area contributed by atoms with E-state index in [9.17, 15) is 4.79 Å². The van der Waals surface area contributed by atoms with Crippen LogP contribution in [0.1, 0.15) is 28.2 Å². The number of carbonyl (C=O) groups excluding carboxylic acids is 1. The topological polar surface area (TPSA) is 55.1 Å². The van der Waals surface area contributed by atoms with Gasteiger partial charge in [0.1, 0.15) is 0 Å². The minimum absolute atomic E-state index is 0.147. The van der Waals surface area contributed by atoms with E-state index in [1.165, 1.54) is 0 Å². The lowest BCUT2D eigenvalue weighted by molar-refractivity contribution is -0.117. The van der Waals surface area contributed by atoms with Crippen molar-refractivity contribution in [1.82, 2.24) is 0 Å². The van der Waals surface area contributed by atoms with Crippen LogP contribution in [-0.4, -0.2) is 12.5 Å². The van der Waals surface area contributed by atoms with Crippen LogP contribution in [0.3, 0.4) is 0 Å². The second-order valence-corrected chi connectivity index (χ2v) is 7.98. The molecule has 0 spiro atoms. The van der Waals surface area contributed by atoms with Crippen molar-refractivity contribution >= 4 is 40.4 Å². The van der Waals surface area contributed by atoms with Crippen molar-refractivity contribution in [2.45, 2.75) is 12.8 Å². The number of halogens is 2. The summed E-state index contributed by atoms with van der Waals surface area (Å²) in [5.41, 5.74) is 11.5. The van der Waals surface area contributed by atoms with Crippen LogP contribution in [0.25, 0.3) is 5.57 Å². The number of carbonyl (C=O) groups is 1. The number of amides is 1. The first kappa shape index (κ1) is 22.8. The molecule has 0 aromatic heterocycles. The summed E-state index contributed by atoms with van der Waals surface area (Å²) in [4.78, 5) is 13.0. The molecule has 1 amide bonds. The summed E-state index contributed by atoms with van der Waals surface area (Å²) < 4.78 is 0. The predicted molar refractivity (Wildman–Crippen MR) is 132 cm³/mol. The van der Waals surface area contributed by atoms with Crippen molar-refractivity contribution in [1.29, 1.82) is 0 Å². The predicted octanol–water partition coefficient (Wildman–Crippen LogP) is 6.60. The van der Waals surface area contributed by atoms with E-state index in [2.05, 4.69) is 24.0 Å². The third-order valence-corrected chi connectivity index (χ3v) is 5.80. The molecule has 0 fully saturated rings. The fraction of sp³-hybridized carbons (Fsp3) is 0.115. The molecule has 0 radical (unpaired) electrons. The lowest BCUT2D eigenvalue weighted by Crippen LogP contribution is -2.27. The number of allylic oxidation sites excluding steroid dienone is 2. The van der Waals surface area contributed by atoms with Crippen LogP contribution in [0.15, 0.2) is 85.5 Å². The first-order valence-corrected chi connectivity index (χ1v) is 10.6. The van der Waals surface area contributed by atoms with Crippen LogP contribution in [0.5, 0.6) is 0 Å². The van der Waals surface area contributed by atoms with Crippen LogP contribution >= 0.6 is 23.2 Å². The van der Waals surface area contributed by atoms with Gasteiger partial charge in [0.15, 0.2) is 0 Å². The van der Waals surface area contributed by atoms with Crippen molar-refractivity contribution in [2.75, 3.05) is 11.9 Å². The van der Waals surface area contributed by atoms with Crippen molar-refractivity contribution in [3.05, 3.63) is 118 Å². The molecule has 3 aromatic rings. The fourth-order valence-corrected chi connectivity index (χ4v) is 3.73. The first-order chi connectivity index (χ1) is 14.9. The second-order valence-electron chi connectivity index (χ2n) is 7.16. The SMILES string of the molecule is C=C/C=C(/c1ccccc1)c1cc(NC(=O)C(CN)c2ccc(Cl)c(Cl)c2)ccc1C. The summed E-state index contributed by atoms with van der Waals surface area (Å²) in [7, 11) is 0. The molecule has 3 rings (SSSR count). The Bertz CT molecular complexity index is 1120. The first-order valence-electron chi connectivity index (χ1n) is 9.89. The number of hydrogen-bond donors (Lipinski definition) is 2. The standard InChI is InChI=1S/C26H24Cl2N2O/c1-3-7-21(18-8-5-4-6-9-18)22-15-20(12-10-17(22)2)30-26(31)23(16-29)19-11-13-24(27)25(28)14-19/h3-15,23H,1,16,29H2,2H3,(H,30,31)/b21-7-. The van der Waals surface area contributed by atoms with Crippen molar-refractivity contribution in [2.24, 2.45) is 5.73 Å². The summed E-state index contributed by atoms with van der Waals surface area (Å²) in [6.45, 7) is 6.04. The van der Waals surface area contributed by atoms with Crippen LogP contribution < -0.4 is 11.1 Å². The van der Waals surface area contributed by atoms with Gasteiger partial charge >= 0.3 is 0 Å². The van der Waals surface area contributed by atoms with E-state index in [1.807, 2.05) is 49.4 Å². The van der Waals surface area contributed by atoms with Gasteiger partial charge in [-0.2, -0.15) is 0 Å². The molecular weight excluding hydrogens is 427 g/mol. The van der Waals surface area contributed by atoms with Gasteiger partial charge in [0.2, 0.25) is 5.91 Å². The van der Waals surface area contributed by atoms with Crippen LogP contribution in [0.2, 0.25) is 10.0 Å². The molecule has 0 bridgehead atoms. The monoisotopic (exact) mass is 450 g/mol. The van der Waals surface area contributed by atoms with E-state index in [1.54, 1.807) is 24.3 Å². The van der Waals surface area contributed by atoms with Gasteiger partial charge in [-0.3, -0.25) is 4.79 Å². The highest BCUT2D eigenvalue weighted by Crippen LogP contribution is 2.30. The summed E-state index contributed by atoms with van der Waals surface area (Å²) in [6, 6.07) is 21.0. The quantitative estimate of drug-likeness (QED) is 0.398. The number of nitrogens with one attached hydrogen (secondary N) is 1. The van der Waals surface area contributed by atoms with E-state index in [4.69, 9.17) is 28.9 Å². The van der Waals surface area contributed by atoms with Gasteiger partial charge in [0.25, 0.3) is 0 Å². The van der Waals surface area contributed by atoms with E-state index in [0.717, 1.165) is 27.8 Å². The number of anilines is 1. The Labute approximate surface area is 193 Å². The Morgan fingerprint density at radius 3 is 2.45 bits per heavy atom. The van der Waals surface area contributed by atoms with Gasteiger partial charge in [-0.1, -0.05) is 84.4 Å². The zero-order chi connectivity index (χ0) is 22.4. The van der Waals surface area contributed by atoms with Gasteiger partial charge in [-0.15, -0.1) is 0 Å². The third kappa shape index (κ3) is 5.45. The van der Waals surface area contributed by atoms with Crippen LogP contribution in [0, 0.1) is 6.92 Å². The summed E-state index contributed by atoms with van der Waals surface area (Å²) in [5.74, 6) is -0.749. The normalized spacial score (nSPS) is 12.3. The molecule has 0 aliphatic carbocycles. The van der Waals surface area contributed by atoms with Gasteiger partial charge < -0.3 is 11.1 Å². The zero-order valence-corrected chi connectivity index (χ0v) is 18.8. The lowest BCUT2D eigenvalue weighted by atomic mass is 9.93. The molecule has 0 heterocycles. The number of aryl methyl sites for hydroxylation is 1. The highest BCUT2D eigenvalue weighted by Gasteiger charge is 2.20. The molecule has 31 heavy (non-hydrogen) atoms. The Morgan fingerprint density at radius 1 is 1.06 bits per heavy atom. The van der Waals surface area contributed by atoms with Gasteiger partial charge in [0.05, 0.1) is 16.0 Å². The smallest absolute Gasteiger partial charge is 0.233 e. The zero-order valence-electron chi connectivity index (χ0n) is 17.2. The number of nitrogens with two attached hydrogens (primary N) is 1. The Kier molecular flexibility index (Phi) is 7.69. The molecule has 3 aromatic carbocycles. The molecule has 158 valence electrons. The number of rotatable bonds is 7. The number of benzene rings is 3. The summed E-state index contributed by atoms with van der Waals surface area (Å²) in [5, 5.41) is 3.82. The Hall–Kier alpha value is -2.85. The van der Waals surface area contributed by atoms with E-state index >= 15 is 0 Å². The molecule has 0 saturated heterocycles. The minimum atomic E-state index is -0.545. The highest BCUT2D eigenvalue weighted by molar-refractivity contribution is 6.42. The maximum Gasteiger partial charge on any atom is 0.233 e. The van der Waals surface area contributed by atoms with Gasteiger partial charge in [-0.25, -0.2) is 0 Å². The van der Waals surface area contributed by atoms with Crippen molar-refractivity contribution < 1.29 is 4.79 Å². The third-order valence-electron chi connectivity index (χ3n) is 5.06. The average molecular weight is 451 g/mol. The molecule has 0 saturated carbocycles. The number of hydrogen-bond acceptors (Lipinski definition) is 2. The van der Waals surface area contributed by atoms with Crippen molar-refractivity contribution in [3.63, 3.8) is 0 Å². The molecule has 1 unspecified atom stereocenters. The van der Waals surface area contributed by atoms with Crippen molar-refractivity contribution in [3.8, 4) is 0 Å². The largest absolute Gasteiger partial charge is 0.329 e. The molecule has 0 aliphatic heterocycles. The molecule has 3 nitrogen and oxygen atoms in total. The Balaban J connectivity index is 1.91. The highest BCUT2D eigenvalue weighted by atomic mass is 35.5. The fourth-order valence-electron chi connectivity index (χ4n) is 3.42. The van der Waals surface area contributed by atoms with E-state index in [0.29, 0.717) is 15.7 Å². The summed E-state index contributed by atoms with van der Waals surface area (Å²) >= 11 is 12.1. The minimum Gasteiger partial charge on any atom is -0.329 e. The van der Waals surface area contributed by atoms with Crippen LogP contribution in [-0.2, 0) is 4.79 Å². The van der Waals surface area contributed by atoms with Gasteiger partial charge in [0, 0.05) is 12.2 Å². The van der Waals surface area contributed by atoms with Crippen LogP contribution in [0.4, 0.5) is 5.69 Å². The van der Waals surface area contributed by atoms with Gasteiger partial charge in [-0.05, 0) is 59.0 Å². The molecule has 1 atom stereocenters.